The van der Waals surface area contributed by atoms with E-state index in [1.54, 1.807) is 18.3 Å². The molecule has 0 N–H and O–H groups in total. The zero-order valence-electron chi connectivity index (χ0n) is 12.9. The highest BCUT2D eigenvalue weighted by Crippen LogP contribution is 2.24. The molecule has 1 aromatic heterocycles. The van der Waals surface area contributed by atoms with Gasteiger partial charge in [0.1, 0.15) is 5.82 Å². The van der Waals surface area contributed by atoms with Crippen molar-refractivity contribution in [2.75, 3.05) is 26.2 Å². The predicted octanol–water partition coefficient (Wildman–Crippen LogP) is 3.53. The summed E-state index contributed by atoms with van der Waals surface area (Å²) in [5.74, 6) is -0.296. The third kappa shape index (κ3) is 4.10. The zero-order valence-corrected chi connectivity index (χ0v) is 12.9. The summed E-state index contributed by atoms with van der Waals surface area (Å²) < 4.78 is 50.9. The highest BCUT2D eigenvalue weighted by molar-refractivity contribution is 5.63. The summed E-state index contributed by atoms with van der Waals surface area (Å²) in [6, 6.07) is 9.90. The molecule has 1 aromatic carbocycles. The summed E-state index contributed by atoms with van der Waals surface area (Å²) in [6.45, 7) is 1.15. The van der Waals surface area contributed by atoms with Gasteiger partial charge >= 0.3 is 6.30 Å². The monoisotopic (exact) mass is 339 g/mol. The fourth-order valence-electron chi connectivity index (χ4n) is 2.78. The molecule has 0 radical (unpaired) electrons. The zero-order chi connectivity index (χ0) is 17.2. The minimum absolute atomic E-state index is 0.0266. The van der Waals surface area contributed by atoms with Crippen LogP contribution in [0.2, 0.25) is 0 Å². The minimum atomic E-state index is -4.26. The second kappa shape index (κ2) is 6.86. The first-order valence-electron chi connectivity index (χ1n) is 7.67. The predicted molar refractivity (Wildman–Crippen MR) is 82.5 cm³/mol. The fourth-order valence-corrected chi connectivity index (χ4v) is 2.78. The average Bonchev–Trinajstić information content (AvgIpc) is 2.55. The number of halogens is 4. The lowest BCUT2D eigenvalue weighted by molar-refractivity contribution is -0.252. The molecule has 7 heteroatoms. The number of nitrogens with zero attached hydrogens (tertiary/aromatic N) is 3. The van der Waals surface area contributed by atoms with Crippen LogP contribution in [0.5, 0.6) is 0 Å². The largest absolute Gasteiger partial charge is 0.460 e. The van der Waals surface area contributed by atoms with Crippen molar-refractivity contribution in [1.82, 2.24) is 14.8 Å². The van der Waals surface area contributed by atoms with Gasteiger partial charge in [-0.1, -0.05) is 12.1 Å². The lowest BCUT2D eigenvalue weighted by Crippen LogP contribution is -2.51. The van der Waals surface area contributed by atoms with Gasteiger partial charge in [-0.05, 0) is 35.4 Å². The van der Waals surface area contributed by atoms with Gasteiger partial charge in [0, 0.05) is 38.9 Å². The van der Waals surface area contributed by atoms with E-state index in [2.05, 4.69) is 4.98 Å². The molecule has 0 unspecified atom stereocenters. The van der Waals surface area contributed by atoms with Crippen LogP contribution in [-0.2, 0) is 6.54 Å². The molecular weight excluding hydrogens is 322 g/mol. The van der Waals surface area contributed by atoms with E-state index in [0.29, 0.717) is 24.5 Å². The second-order valence-corrected chi connectivity index (χ2v) is 5.77. The lowest BCUT2D eigenvalue weighted by atomic mass is 10.1. The number of aromatic nitrogens is 1. The van der Waals surface area contributed by atoms with E-state index in [0.717, 1.165) is 16.8 Å². The molecule has 3 rings (SSSR count). The van der Waals surface area contributed by atoms with Crippen molar-refractivity contribution < 1.29 is 17.6 Å². The Kier molecular flexibility index (Phi) is 4.82. The van der Waals surface area contributed by atoms with Gasteiger partial charge in [0.05, 0.1) is 5.69 Å². The van der Waals surface area contributed by atoms with Gasteiger partial charge in [-0.25, -0.2) is 9.29 Å². The molecule has 0 spiro atoms. The summed E-state index contributed by atoms with van der Waals surface area (Å²) in [5.41, 5.74) is 2.58. The Bertz CT molecular complexity index is 677. The average molecular weight is 339 g/mol. The normalized spacial score (nSPS) is 17.2. The topological polar surface area (TPSA) is 19.4 Å². The Labute approximate surface area is 137 Å². The van der Waals surface area contributed by atoms with Crippen LogP contribution in [0, 0.1) is 5.82 Å². The first-order chi connectivity index (χ1) is 11.4. The quantitative estimate of drug-likeness (QED) is 0.630. The molecule has 0 aliphatic carbocycles. The smallest absolute Gasteiger partial charge is 0.295 e. The highest BCUT2D eigenvalue weighted by Gasteiger charge is 2.38. The van der Waals surface area contributed by atoms with Crippen LogP contribution < -0.4 is 0 Å². The molecule has 0 atom stereocenters. The summed E-state index contributed by atoms with van der Waals surface area (Å²) >= 11 is 0. The fraction of sp³-hybridized carbons (Fsp3) is 0.353. The number of hydrogen-bond acceptors (Lipinski definition) is 3. The van der Waals surface area contributed by atoms with Crippen LogP contribution in [-0.4, -0.2) is 47.3 Å². The van der Waals surface area contributed by atoms with Gasteiger partial charge < -0.3 is 0 Å². The Hall–Kier alpha value is -1.99. The van der Waals surface area contributed by atoms with Gasteiger partial charge in [0.2, 0.25) is 0 Å². The number of rotatable bonds is 3. The maximum atomic E-state index is 13.0. The SMILES string of the molecule is Fc1ccc(-c2ccnc(CN3CCN(C(F)(F)F)CC3)c2)cc1. The molecule has 0 saturated carbocycles. The molecule has 1 fully saturated rings. The molecule has 0 bridgehead atoms. The molecule has 2 aromatic rings. The maximum absolute atomic E-state index is 13.0. The van der Waals surface area contributed by atoms with Crippen LogP contribution in [0.3, 0.4) is 0 Å². The number of piperazine rings is 1. The van der Waals surface area contributed by atoms with Crippen LogP contribution in [0.25, 0.3) is 11.1 Å². The summed E-state index contributed by atoms with van der Waals surface area (Å²) in [7, 11) is 0. The highest BCUT2D eigenvalue weighted by atomic mass is 19.4. The second-order valence-electron chi connectivity index (χ2n) is 5.77. The van der Waals surface area contributed by atoms with Crippen molar-refractivity contribution in [2.24, 2.45) is 0 Å². The molecule has 3 nitrogen and oxygen atoms in total. The molecule has 24 heavy (non-hydrogen) atoms. The molecule has 128 valence electrons. The van der Waals surface area contributed by atoms with Gasteiger partial charge in [0.15, 0.2) is 0 Å². The summed E-state index contributed by atoms with van der Waals surface area (Å²) in [5, 5.41) is 0. The van der Waals surface area contributed by atoms with E-state index in [1.165, 1.54) is 12.1 Å². The van der Waals surface area contributed by atoms with Crippen LogP contribution in [0.4, 0.5) is 17.6 Å². The molecule has 1 aliphatic rings. The van der Waals surface area contributed by atoms with Crippen molar-refractivity contribution in [2.45, 2.75) is 12.8 Å². The van der Waals surface area contributed by atoms with Crippen molar-refractivity contribution >= 4 is 0 Å². The minimum Gasteiger partial charge on any atom is -0.295 e. The lowest BCUT2D eigenvalue weighted by Gasteiger charge is -2.35. The first kappa shape index (κ1) is 16.9. The molecular formula is C17H17F4N3. The summed E-state index contributed by atoms with van der Waals surface area (Å²) in [4.78, 5) is 6.78. The van der Waals surface area contributed by atoms with Crippen LogP contribution in [0.15, 0.2) is 42.6 Å². The Morgan fingerprint density at radius 3 is 2.21 bits per heavy atom. The number of hydrogen-bond donors (Lipinski definition) is 0. The van der Waals surface area contributed by atoms with Gasteiger partial charge in [0.25, 0.3) is 0 Å². The van der Waals surface area contributed by atoms with E-state index in [1.807, 2.05) is 17.0 Å². The number of benzene rings is 1. The van der Waals surface area contributed by atoms with Crippen LogP contribution in [0.1, 0.15) is 5.69 Å². The van der Waals surface area contributed by atoms with E-state index >= 15 is 0 Å². The Morgan fingerprint density at radius 1 is 0.917 bits per heavy atom. The van der Waals surface area contributed by atoms with Gasteiger partial charge in [-0.2, -0.15) is 13.2 Å². The number of alkyl halides is 3. The van der Waals surface area contributed by atoms with Crippen molar-refractivity contribution in [1.29, 1.82) is 0 Å². The van der Waals surface area contributed by atoms with E-state index in [-0.39, 0.29) is 18.9 Å². The number of pyridine rings is 1. The van der Waals surface area contributed by atoms with Crippen molar-refractivity contribution in [3.8, 4) is 11.1 Å². The molecule has 1 saturated heterocycles. The van der Waals surface area contributed by atoms with Crippen molar-refractivity contribution in [3.05, 3.63) is 54.1 Å². The molecule has 2 heterocycles. The van der Waals surface area contributed by atoms with E-state index in [9.17, 15) is 17.6 Å². The maximum Gasteiger partial charge on any atom is 0.460 e. The first-order valence-corrected chi connectivity index (χ1v) is 7.67. The Morgan fingerprint density at radius 2 is 1.58 bits per heavy atom. The van der Waals surface area contributed by atoms with Gasteiger partial charge in [-0.3, -0.25) is 9.88 Å². The van der Waals surface area contributed by atoms with Crippen LogP contribution >= 0.6 is 0 Å². The Balaban J connectivity index is 1.64. The summed E-state index contributed by atoms with van der Waals surface area (Å²) in [6.07, 6.45) is -2.59. The van der Waals surface area contributed by atoms with Gasteiger partial charge in [-0.15, -0.1) is 0 Å². The molecule has 0 amide bonds. The molecule has 1 aliphatic heterocycles. The third-order valence-electron chi connectivity index (χ3n) is 4.11. The standard InChI is InChI=1S/C17H17F4N3/c18-15-3-1-13(2-4-15)14-5-6-22-16(11-14)12-23-7-9-24(10-8-23)17(19,20)21/h1-6,11H,7-10,12H2. The van der Waals surface area contributed by atoms with E-state index < -0.39 is 6.30 Å². The van der Waals surface area contributed by atoms with E-state index in [4.69, 9.17) is 0 Å². The third-order valence-corrected chi connectivity index (χ3v) is 4.11. The van der Waals surface area contributed by atoms with Crippen molar-refractivity contribution in [3.63, 3.8) is 0 Å².